The standard InChI is InChI=1S/C14H22N4OS/c1-4-9-7-10-11(16-13(15)17-12(10)20-9)18-14(5-2,6-3)8-19/h7,19H,4-6,8H2,1-3H3,(H3,15,16,17,18). The first-order valence-electron chi connectivity index (χ1n) is 7.02. The third kappa shape index (κ3) is 2.71. The number of nitrogens with two attached hydrogens (primary N) is 1. The van der Waals surface area contributed by atoms with E-state index in [2.05, 4.69) is 42.1 Å². The summed E-state index contributed by atoms with van der Waals surface area (Å²) in [5, 5.41) is 14.1. The zero-order valence-electron chi connectivity index (χ0n) is 12.2. The molecular weight excluding hydrogens is 272 g/mol. The fourth-order valence-electron chi connectivity index (χ4n) is 2.20. The summed E-state index contributed by atoms with van der Waals surface area (Å²) in [4.78, 5) is 10.8. The van der Waals surface area contributed by atoms with Gasteiger partial charge in [0, 0.05) is 4.88 Å². The summed E-state index contributed by atoms with van der Waals surface area (Å²) in [6.45, 7) is 6.29. The minimum absolute atomic E-state index is 0.0656. The highest BCUT2D eigenvalue weighted by Crippen LogP contribution is 2.32. The summed E-state index contributed by atoms with van der Waals surface area (Å²) in [5.41, 5.74) is 5.44. The Morgan fingerprint density at radius 2 is 2.00 bits per heavy atom. The number of aliphatic hydroxyl groups is 1. The third-order valence-corrected chi connectivity index (χ3v) is 5.02. The van der Waals surface area contributed by atoms with Crippen molar-refractivity contribution in [2.45, 2.75) is 45.6 Å². The molecule has 0 atom stereocenters. The molecule has 0 aliphatic carbocycles. The lowest BCUT2D eigenvalue weighted by atomic mass is 9.94. The number of hydrogen-bond acceptors (Lipinski definition) is 6. The maximum Gasteiger partial charge on any atom is 0.223 e. The number of nitrogens with one attached hydrogen (secondary N) is 1. The van der Waals surface area contributed by atoms with Crippen LogP contribution in [0.3, 0.4) is 0 Å². The average Bonchev–Trinajstić information content (AvgIpc) is 2.88. The molecule has 0 saturated carbocycles. The van der Waals surface area contributed by atoms with Crippen LogP contribution in [0.5, 0.6) is 0 Å². The molecule has 0 aliphatic heterocycles. The summed E-state index contributed by atoms with van der Waals surface area (Å²) in [6.07, 6.45) is 2.60. The van der Waals surface area contributed by atoms with E-state index < -0.39 is 0 Å². The van der Waals surface area contributed by atoms with Crippen LogP contribution in [0.1, 0.15) is 38.5 Å². The van der Waals surface area contributed by atoms with Crippen LogP contribution in [-0.2, 0) is 6.42 Å². The van der Waals surface area contributed by atoms with Gasteiger partial charge in [0.05, 0.1) is 17.5 Å². The fourth-order valence-corrected chi connectivity index (χ4v) is 3.17. The maximum atomic E-state index is 9.70. The Bertz CT molecular complexity index is 584. The zero-order chi connectivity index (χ0) is 14.8. The van der Waals surface area contributed by atoms with Crippen molar-refractivity contribution in [2.75, 3.05) is 17.7 Å². The van der Waals surface area contributed by atoms with E-state index in [0.717, 1.165) is 35.3 Å². The van der Waals surface area contributed by atoms with Gasteiger partial charge in [-0.3, -0.25) is 0 Å². The van der Waals surface area contributed by atoms with Crippen LogP contribution in [0.25, 0.3) is 10.2 Å². The molecule has 0 unspecified atom stereocenters. The second-order valence-corrected chi connectivity index (χ2v) is 6.10. The number of nitrogens with zero attached hydrogens (tertiary/aromatic N) is 2. The molecule has 20 heavy (non-hydrogen) atoms. The molecule has 2 heterocycles. The van der Waals surface area contributed by atoms with Crippen molar-refractivity contribution in [3.8, 4) is 0 Å². The lowest BCUT2D eigenvalue weighted by molar-refractivity contribution is 0.202. The van der Waals surface area contributed by atoms with Crippen molar-refractivity contribution in [1.29, 1.82) is 0 Å². The lowest BCUT2D eigenvalue weighted by Crippen LogP contribution is -2.41. The topological polar surface area (TPSA) is 84.1 Å². The summed E-state index contributed by atoms with van der Waals surface area (Å²) in [5.74, 6) is 0.991. The molecule has 0 radical (unpaired) electrons. The highest BCUT2D eigenvalue weighted by Gasteiger charge is 2.26. The largest absolute Gasteiger partial charge is 0.394 e. The molecule has 0 aliphatic rings. The van der Waals surface area contributed by atoms with E-state index in [0.29, 0.717) is 0 Å². The fraction of sp³-hybridized carbons (Fsp3) is 0.571. The Morgan fingerprint density at radius 1 is 1.30 bits per heavy atom. The highest BCUT2D eigenvalue weighted by molar-refractivity contribution is 7.18. The van der Waals surface area contributed by atoms with Crippen molar-refractivity contribution in [1.82, 2.24) is 9.97 Å². The molecule has 6 heteroatoms. The van der Waals surface area contributed by atoms with E-state index in [1.54, 1.807) is 11.3 Å². The maximum absolute atomic E-state index is 9.70. The van der Waals surface area contributed by atoms with Crippen molar-refractivity contribution in [2.24, 2.45) is 0 Å². The smallest absolute Gasteiger partial charge is 0.223 e. The van der Waals surface area contributed by atoms with Crippen LogP contribution in [0.4, 0.5) is 11.8 Å². The molecule has 110 valence electrons. The van der Waals surface area contributed by atoms with Crippen molar-refractivity contribution >= 4 is 33.3 Å². The number of aliphatic hydroxyl groups excluding tert-OH is 1. The molecule has 2 aromatic rings. The van der Waals surface area contributed by atoms with Gasteiger partial charge >= 0.3 is 0 Å². The van der Waals surface area contributed by atoms with Crippen molar-refractivity contribution in [3.05, 3.63) is 10.9 Å². The van der Waals surface area contributed by atoms with Gasteiger partial charge in [0.1, 0.15) is 10.6 Å². The summed E-state index contributed by atoms with van der Waals surface area (Å²) in [6, 6.07) is 2.11. The quantitative estimate of drug-likeness (QED) is 0.763. The Hall–Kier alpha value is -1.40. The second-order valence-electron chi connectivity index (χ2n) is 4.99. The summed E-state index contributed by atoms with van der Waals surface area (Å²) in [7, 11) is 0. The Labute approximate surface area is 123 Å². The summed E-state index contributed by atoms with van der Waals surface area (Å²) >= 11 is 1.64. The molecule has 5 nitrogen and oxygen atoms in total. The number of aryl methyl sites for hydroxylation is 1. The molecule has 0 aromatic carbocycles. The van der Waals surface area contributed by atoms with Gasteiger partial charge in [0.25, 0.3) is 0 Å². The van der Waals surface area contributed by atoms with Gasteiger partial charge in [0.2, 0.25) is 5.95 Å². The Morgan fingerprint density at radius 3 is 2.55 bits per heavy atom. The number of anilines is 2. The van der Waals surface area contributed by atoms with Gasteiger partial charge in [-0.25, -0.2) is 4.98 Å². The van der Waals surface area contributed by atoms with Crippen molar-refractivity contribution in [3.63, 3.8) is 0 Å². The summed E-state index contributed by atoms with van der Waals surface area (Å²) < 4.78 is 0. The van der Waals surface area contributed by atoms with Crippen LogP contribution in [0.2, 0.25) is 0 Å². The molecule has 2 rings (SSSR count). The number of nitrogen functional groups attached to an aromatic ring is 1. The minimum atomic E-state index is -0.359. The Balaban J connectivity index is 2.49. The highest BCUT2D eigenvalue weighted by atomic mass is 32.1. The van der Waals surface area contributed by atoms with Gasteiger partial charge in [-0.2, -0.15) is 4.98 Å². The molecule has 0 saturated heterocycles. The molecule has 0 bridgehead atoms. The number of hydrogen-bond donors (Lipinski definition) is 3. The predicted octanol–water partition coefficient (Wildman–Crippen LogP) is 2.80. The predicted molar refractivity (Wildman–Crippen MR) is 85.2 cm³/mol. The Kier molecular flexibility index (Phi) is 4.45. The first-order valence-corrected chi connectivity index (χ1v) is 7.84. The normalized spacial score (nSPS) is 12.0. The first kappa shape index (κ1) is 15.0. The van der Waals surface area contributed by atoms with E-state index in [4.69, 9.17) is 5.73 Å². The number of rotatable bonds is 6. The van der Waals surface area contributed by atoms with Crippen LogP contribution < -0.4 is 11.1 Å². The molecule has 0 fully saturated rings. The minimum Gasteiger partial charge on any atom is -0.394 e. The average molecular weight is 294 g/mol. The molecular formula is C14H22N4OS. The van der Waals surface area contributed by atoms with Gasteiger partial charge in [-0.1, -0.05) is 20.8 Å². The second kappa shape index (κ2) is 5.93. The zero-order valence-corrected chi connectivity index (χ0v) is 13.0. The van der Waals surface area contributed by atoms with E-state index in [9.17, 15) is 5.11 Å². The molecule has 0 amide bonds. The van der Waals surface area contributed by atoms with E-state index in [1.807, 2.05) is 0 Å². The number of fused-ring (bicyclic) bond motifs is 1. The van der Waals surface area contributed by atoms with E-state index in [-0.39, 0.29) is 18.1 Å². The van der Waals surface area contributed by atoms with Crippen molar-refractivity contribution < 1.29 is 5.11 Å². The number of aromatic nitrogens is 2. The van der Waals surface area contributed by atoms with Gasteiger partial charge in [0.15, 0.2) is 0 Å². The van der Waals surface area contributed by atoms with Gasteiger partial charge in [-0.15, -0.1) is 11.3 Å². The van der Waals surface area contributed by atoms with Crippen LogP contribution >= 0.6 is 11.3 Å². The molecule has 4 N–H and O–H groups in total. The first-order chi connectivity index (χ1) is 9.57. The van der Waals surface area contributed by atoms with Crippen LogP contribution in [-0.4, -0.2) is 27.2 Å². The molecule has 0 spiro atoms. The van der Waals surface area contributed by atoms with Gasteiger partial charge < -0.3 is 16.2 Å². The SMILES string of the molecule is CCc1cc2c(NC(CC)(CC)CO)nc(N)nc2s1. The monoisotopic (exact) mass is 294 g/mol. The van der Waals surface area contributed by atoms with Crippen LogP contribution in [0.15, 0.2) is 6.07 Å². The van der Waals surface area contributed by atoms with E-state index in [1.165, 1.54) is 4.88 Å². The molecule has 2 aromatic heterocycles. The van der Waals surface area contributed by atoms with E-state index >= 15 is 0 Å². The van der Waals surface area contributed by atoms with Crippen LogP contribution in [0, 0.1) is 0 Å². The lowest BCUT2D eigenvalue weighted by Gasteiger charge is -2.31. The third-order valence-electron chi connectivity index (χ3n) is 3.85. The number of thiophene rings is 1. The van der Waals surface area contributed by atoms with Gasteiger partial charge in [-0.05, 0) is 25.3 Å².